The first-order chi connectivity index (χ1) is 10.1. The molecule has 0 aliphatic carbocycles. The second-order valence-electron chi connectivity index (χ2n) is 4.43. The molecule has 0 radical (unpaired) electrons. The van der Waals surface area contributed by atoms with Crippen LogP contribution in [0.25, 0.3) is 22.4 Å². The molecular formula is C15H8FN3O2. The van der Waals surface area contributed by atoms with Gasteiger partial charge in [-0.05, 0) is 18.2 Å². The third-order valence-electron chi connectivity index (χ3n) is 3.07. The molecule has 2 aromatic carbocycles. The minimum Gasteiger partial charge on any atom is -0.478 e. The number of aromatic amines is 1. The summed E-state index contributed by atoms with van der Waals surface area (Å²) in [5.74, 6) is -1.72. The summed E-state index contributed by atoms with van der Waals surface area (Å²) in [6, 6.07) is 11.1. The molecule has 0 bridgehead atoms. The number of nitriles is 1. The number of nitrogens with one attached hydrogen (secondary N) is 1. The van der Waals surface area contributed by atoms with E-state index in [0.717, 1.165) is 6.07 Å². The summed E-state index contributed by atoms with van der Waals surface area (Å²) in [4.78, 5) is 18.1. The molecule has 0 saturated carbocycles. The van der Waals surface area contributed by atoms with Crippen LogP contribution in [-0.2, 0) is 0 Å². The largest absolute Gasteiger partial charge is 0.478 e. The van der Waals surface area contributed by atoms with Crippen molar-refractivity contribution in [3.05, 3.63) is 53.3 Å². The molecular weight excluding hydrogens is 273 g/mol. The van der Waals surface area contributed by atoms with Gasteiger partial charge in [0.2, 0.25) is 0 Å². The molecule has 0 saturated heterocycles. The number of hydrogen-bond donors (Lipinski definition) is 2. The summed E-state index contributed by atoms with van der Waals surface area (Å²) in [6.45, 7) is 0. The molecule has 0 aliphatic rings. The van der Waals surface area contributed by atoms with Crippen LogP contribution in [0.3, 0.4) is 0 Å². The van der Waals surface area contributed by atoms with Crippen molar-refractivity contribution in [1.29, 1.82) is 5.26 Å². The molecule has 2 N–H and O–H groups in total. The number of rotatable bonds is 2. The third-order valence-corrected chi connectivity index (χ3v) is 3.07. The Hall–Kier alpha value is -3.20. The highest BCUT2D eigenvalue weighted by atomic mass is 19.1. The van der Waals surface area contributed by atoms with Crippen LogP contribution >= 0.6 is 0 Å². The van der Waals surface area contributed by atoms with Crippen molar-refractivity contribution in [3.63, 3.8) is 0 Å². The second kappa shape index (κ2) is 4.72. The number of aromatic carboxylic acids is 1. The quantitative estimate of drug-likeness (QED) is 0.755. The zero-order chi connectivity index (χ0) is 15.0. The number of benzene rings is 2. The number of carboxylic acid groups (broad SMARTS) is 1. The van der Waals surface area contributed by atoms with E-state index >= 15 is 0 Å². The van der Waals surface area contributed by atoms with Crippen molar-refractivity contribution in [2.24, 2.45) is 0 Å². The highest BCUT2D eigenvalue weighted by Crippen LogP contribution is 2.23. The Bertz CT molecular complexity index is 909. The van der Waals surface area contributed by atoms with E-state index in [1.807, 2.05) is 6.07 Å². The van der Waals surface area contributed by atoms with Gasteiger partial charge in [-0.2, -0.15) is 5.26 Å². The Morgan fingerprint density at radius 3 is 2.86 bits per heavy atom. The van der Waals surface area contributed by atoms with Gasteiger partial charge in [-0.1, -0.05) is 12.1 Å². The fourth-order valence-corrected chi connectivity index (χ4v) is 2.07. The van der Waals surface area contributed by atoms with Gasteiger partial charge in [-0.15, -0.1) is 0 Å². The normalized spacial score (nSPS) is 10.5. The first-order valence-corrected chi connectivity index (χ1v) is 6.01. The fraction of sp³-hybridized carbons (Fsp3) is 0. The molecule has 5 nitrogen and oxygen atoms in total. The number of fused-ring (bicyclic) bond motifs is 1. The average molecular weight is 281 g/mol. The first kappa shape index (κ1) is 12.8. The number of aromatic nitrogens is 2. The summed E-state index contributed by atoms with van der Waals surface area (Å²) in [6.07, 6.45) is 0. The maximum atomic E-state index is 13.6. The Morgan fingerprint density at radius 1 is 1.33 bits per heavy atom. The van der Waals surface area contributed by atoms with Gasteiger partial charge in [-0.25, -0.2) is 14.2 Å². The van der Waals surface area contributed by atoms with Crippen LogP contribution < -0.4 is 0 Å². The molecule has 21 heavy (non-hydrogen) atoms. The number of hydrogen-bond acceptors (Lipinski definition) is 3. The zero-order valence-electron chi connectivity index (χ0n) is 10.6. The molecule has 0 amide bonds. The summed E-state index contributed by atoms with van der Waals surface area (Å²) in [5.41, 5.74) is 1.47. The molecule has 0 unspecified atom stereocenters. The van der Waals surface area contributed by atoms with Gasteiger partial charge in [-0.3, -0.25) is 0 Å². The zero-order valence-corrected chi connectivity index (χ0v) is 10.6. The maximum Gasteiger partial charge on any atom is 0.338 e. The van der Waals surface area contributed by atoms with Gasteiger partial charge >= 0.3 is 5.97 Å². The van der Waals surface area contributed by atoms with E-state index in [1.54, 1.807) is 24.3 Å². The van der Waals surface area contributed by atoms with Crippen molar-refractivity contribution in [3.8, 4) is 17.5 Å². The van der Waals surface area contributed by atoms with Crippen molar-refractivity contribution >= 4 is 17.0 Å². The van der Waals surface area contributed by atoms with Gasteiger partial charge in [0.25, 0.3) is 0 Å². The van der Waals surface area contributed by atoms with Gasteiger partial charge in [0.1, 0.15) is 11.6 Å². The topological polar surface area (TPSA) is 89.8 Å². The highest BCUT2D eigenvalue weighted by molar-refractivity contribution is 5.93. The molecule has 0 fully saturated rings. The molecule has 3 rings (SSSR count). The van der Waals surface area contributed by atoms with Gasteiger partial charge < -0.3 is 10.1 Å². The van der Waals surface area contributed by atoms with Crippen LogP contribution in [0.4, 0.5) is 4.39 Å². The maximum absolute atomic E-state index is 13.6. The lowest BCUT2D eigenvalue weighted by molar-refractivity contribution is 0.0692. The number of carbonyl (C=O) groups is 1. The van der Waals surface area contributed by atoms with Crippen LogP contribution in [0.2, 0.25) is 0 Å². The number of imidazole rings is 1. The van der Waals surface area contributed by atoms with Crippen LogP contribution in [-0.4, -0.2) is 21.0 Å². The Kier molecular flexibility index (Phi) is 2.88. The van der Waals surface area contributed by atoms with E-state index < -0.39 is 17.3 Å². The Labute approximate surface area is 118 Å². The van der Waals surface area contributed by atoms with E-state index in [0.29, 0.717) is 28.0 Å². The molecule has 1 heterocycles. The first-order valence-electron chi connectivity index (χ1n) is 6.01. The minimum absolute atomic E-state index is 0.353. The van der Waals surface area contributed by atoms with Crippen molar-refractivity contribution < 1.29 is 14.3 Å². The van der Waals surface area contributed by atoms with Gasteiger partial charge in [0.05, 0.1) is 28.2 Å². The van der Waals surface area contributed by atoms with Crippen LogP contribution in [0.15, 0.2) is 36.4 Å². The van der Waals surface area contributed by atoms with E-state index in [4.69, 9.17) is 10.4 Å². The lowest BCUT2D eigenvalue weighted by Gasteiger charge is -1.96. The lowest BCUT2D eigenvalue weighted by Crippen LogP contribution is -1.99. The number of nitrogens with zero attached hydrogens (tertiary/aromatic N) is 2. The SMILES string of the molecule is N#Cc1cccc(-c2nc3cc(C(=O)O)c(F)cc3[nH]2)c1. The van der Waals surface area contributed by atoms with Crippen LogP contribution in [0.5, 0.6) is 0 Å². The third kappa shape index (κ3) is 2.21. The van der Waals surface area contributed by atoms with Crippen molar-refractivity contribution in [1.82, 2.24) is 9.97 Å². The summed E-state index contributed by atoms with van der Waals surface area (Å²) >= 11 is 0. The van der Waals surface area contributed by atoms with E-state index in [1.165, 1.54) is 6.07 Å². The molecule has 3 aromatic rings. The average Bonchev–Trinajstić information content (AvgIpc) is 2.89. The predicted molar refractivity (Wildman–Crippen MR) is 73.2 cm³/mol. The molecule has 0 aliphatic heterocycles. The standard InChI is InChI=1S/C15H8FN3O2/c16-11-6-13-12(5-10(11)15(20)21)18-14(19-13)9-3-1-2-8(4-9)7-17/h1-6H,(H,18,19)(H,20,21). The summed E-state index contributed by atoms with van der Waals surface area (Å²) in [5, 5.41) is 17.8. The van der Waals surface area contributed by atoms with Gasteiger partial charge in [0.15, 0.2) is 0 Å². The molecule has 102 valence electrons. The Balaban J connectivity index is 2.17. The molecule has 0 spiro atoms. The smallest absolute Gasteiger partial charge is 0.338 e. The molecule has 6 heteroatoms. The fourth-order valence-electron chi connectivity index (χ4n) is 2.07. The summed E-state index contributed by atoms with van der Waals surface area (Å²) in [7, 11) is 0. The second-order valence-corrected chi connectivity index (χ2v) is 4.43. The van der Waals surface area contributed by atoms with Crippen LogP contribution in [0.1, 0.15) is 15.9 Å². The Morgan fingerprint density at radius 2 is 2.14 bits per heavy atom. The summed E-state index contributed by atoms with van der Waals surface area (Å²) < 4.78 is 13.6. The van der Waals surface area contributed by atoms with E-state index in [2.05, 4.69) is 9.97 Å². The number of H-pyrrole nitrogens is 1. The van der Waals surface area contributed by atoms with Crippen molar-refractivity contribution in [2.45, 2.75) is 0 Å². The highest BCUT2D eigenvalue weighted by Gasteiger charge is 2.14. The van der Waals surface area contributed by atoms with E-state index in [9.17, 15) is 9.18 Å². The van der Waals surface area contributed by atoms with Crippen molar-refractivity contribution in [2.75, 3.05) is 0 Å². The molecule has 1 aromatic heterocycles. The molecule has 0 atom stereocenters. The number of carboxylic acids is 1. The minimum atomic E-state index is -1.34. The number of halogens is 1. The van der Waals surface area contributed by atoms with Gasteiger partial charge in [0, 0.05) is 11.6 Å². The monoisotopic (exact) mass is 281 g/mol. The van der Waals surface area contributed by atoms with Crippen LogP contribution in [0, 0.1) is 17.1 Å². The van der Waals surface area contributed by atoms with E-state index in [-0.39, 0.29) is 0 Å². The predicted octanol–water partition coefficient (Wildman–Crippen LogP) is 2.94. The lowest BCUT2D eigenvalue weighted by atomic mass is 10.1.